The normalized spacial score (nSPS) is 13.1. The van der Waals surface area contributed by atoms with Crippen LogP contribution in [0, 0.1) is 0 Å². The van der Waals surface area contributed by atoms with Crippen molar-refractivity contribution in [2.24, 2.45) is 0 Å². The largest absolute Gasteiger partial charge is 0.462 e. The molecule has 0 N–H and O–H groups in total. The first-order valence-electron chi connectivity index (χ1n) is 25.2. The summed E-state index contributed by atoms with van der Waals surface area (Å²) in [5, 5.41) is 0. The minimum atomic E-state index is -0.824. The quantitative estimate of drug-likeness (QED) is 0.0200. The number of allylic oxidation sites excluding steroid dienone is 20. The van der Waals surface area contributed by atoms with Gasteiger partial charge in [0.2, 0.25) is 0 Å². The lowest BCUT2D eigenvalue weighted by Gasteiger charge is -2.18. The molecular weight excluding hydrogens is 781 g/mol. The van der Waals surface area contributed by atoms with E-state index in [0.29, 0.717) is 12.8 Å². The van der Waals surface area contributed by atoms with Gasteiger partial charge in [0.25, 0.3) is 0 Å². The number of carbonyl (C=O) groups excluding carboxylic acids is 3. The lowest BCUT2D eigenvalue weighted by molar-refractivity contribution is -0.167. The van der Waals surface area contributed by atoms with Gasteiger partial charge in [-0.1, -0.05) is 226 Å². The predicted octanol–water partition coefficient (Wildman–Crippen LogP) is 16.5. The summed E-state index contributed by atoms with van der Waals surface area (Å²) in [5.41, 5.74) is 0. The van der Waals surface area contributed by atoms with E-state index in [2.05, 4.69) is 63.3 Å². The average Bonchev–Trinajstić information content (AvgIpc) is 3.28. The van der Waals surface area contributed by atoms with Crippen LogP contribution < -0.4 is 0 Å². The highest BCUT2D eigenvalue weighted by atomic mass is 16.6. The van der Waals surface area contributed by atoms with Crippen LogP contribution in [0.5, 0.6) is 0 Å². The molecular formula is C57H90O6. The van der Waals surface area contributed by atoms with Crippen molar-refractivity contribution < 1.29 is 28.6 Å². The zero-order valence-electron chi connectivity index (χ0n) is 40.3. The molecule has 1 atom stereocenters. The molecule has 0 radical (unpaired) electrons. The van der Waals surface area contributed by atoms with Crippen molar-refractivity contribution in [2.45, 2.75) is 207 Å². The second kappa shape index (κ2) is 50.5. The topological polar surface area (TPSA) is 78.9 Å². The second-order valence-electron chi connectivity index (χ2n) is 16.2. The first-order chi connectivity index (χ1) is 31.0. The molecule has 0 bridgehead atoms. The van der Waals surface area contributed by atoms with Gasteiger partial charge in [0, 0.05) is 19.3 Å². The van der Waals surface area contributed by atoms with Crippen molar-refractivity contribution in [1.29, 1.82) is 0 Å². The minimum Gasteiger partial charge on any atom is -0.462 e. The van der Waals surface area contributed by atoms with Crippen LogP contribution in [0.25, 0.3) is 0 Å². The Morgan fingerprint density at radius 3 is 1.08 bits per heavy atom. The molecule has 0 heterocycles. The van der Waals surface area contributed by atoms with Crippen LogP contribution in [0.1, 0.15) is 201 Å². The Morgan fingerprint density at radius 1 is 0.333 bits per heavy atom. The number of carbonyl (C=O) groups is 3. The molecule has 6 heteroatoms. The number of rotatable bonds is 43. The van der Waals surface area contributed by atoms with E-state index in [1.165, 1.54) is 77.0 Å². The molecule has 0 saturated carbocycles. The summed E-state index contributed by atoms with van der Waals surface area (Å²) in [4.78, 5) is 37.9. The Balaban J connectivity index is 4.53. The first kappa shape index (κ1) is 58.8. The SMILES string of the molecule is CC/C=C/C=C/C=C/C=C/C=C/CCCC(=O)OCC(COC(=O)CCCCCCCCC/C=C/CCCCCCCC)OC(=O)CCCCCCC/C=C/C=C/C=C/C=C/CC. The maximum Gasteiger partial charge on any atom is 0.306 e. The smallest absolute Gasteiger partial charge is 0.306 e. The molecule has 0 aliphatic heterocycles. The van der Waals surface area contributed by atoms with Crippen LogP contribution in [-0.4, -0.2) is 37.2 Å². The Morgan fingerprint density at radius 2 is 0.651 bits per heavy atom. The third kappa shape index (κ3) is 48.7. The van der Waals surface area contributed by atoms with E-state index >= 15 is 0 Å². The van der Waals surface area contributed by atoms with Gasteiger partial charge < -0.3 is 14.2 Å². The molecule has 1 unspecified atom stereocenters. The van der Waals surface area contributed by atoms with Crippen molar-refractivity contribution >= 4 is 17.9 Å². The molecule has 63 heavy (non-hydrogen) atoms. The van der Waals surface area contributed by atoms with Crippen LogP contribution in [0.4, 0.5) is 0 Å². The fraction of sp³-hybridized carbons (Fsp3) is 0.596. The zero-order valence-corrected chi connectivity index (χ0v) is 40.3. The van der Waals surface area contributed by atoms with E-state index in [1.54, 1.807) is 0 Å². The highest BCUT2D eigenvalue weighted by Crippen LogP contribution is 2.13. The van der Waals surface area contributed by atoms with Gasteiger partial charge in [0.15, 0.2) is 6.10 Å². The lowest BCUT2D eigenvalue weighted by atomic mass is 10.1. The van der Waals surface area contributed by atoms with Gasteiger partial charge >= 0.3 is 17.9 Å². The average molecular weight is 871 g/mol. The van der Waals surface area contributed by atoms with Gasteiger partial charge in [-0.15, -0.1) is 0 Å². The Kier molecular flexibility index (Phi) is 47.1. The number of esters is 3. The van der Waals surface area contributed by atoms with E-state index < -0.39 is 6.10 Å². The third-order valence-corrected chi connectivity index (χ3v) is 10.2. The van der Waals surface area contributed by atoms with Gasteiger partial charge in [-0.05, 0) is 77.0 Å². The van der Waals surface area contributed by atoms with Crippen molar-refractivity contribution in [1.82, 2.24) is 0 Å². The molecule has 0 aliphatic rings. The summed E-state index contributed by atoms with van der Waals surface area (Å²) >= 11 is 0. The highest BCUT2D eigenvalue weighted by molar-refractivity contribution is 5.71. The lowest BCUT2D eigenvalue weighted by Crippen LogP contribution is -2.30. The molecule has 0 amide bonds. The van der Waals surface area contributed by atoms with Gasteiger partial charge in [-0.2, -0.15) is 0 Å². The Labute approximate surface area is 386 Å². The molecule has 0 rings (SSSR count). The minimum absolute atomic E-state index is 0.116. The molecule has 0 aromatic carbocycles. The van der Waals surface area contributed by atoms with Gasteiger partial charge in [-0.3, -0.25) is 14.4 Å². The van der Waals surface area contributed by atoms with E-state index in [4.69, 9.17) is 14.2 Å². The summed E-state index contributed by atoms with van der Waals surface area (Å²) in [7, 11) is 0. The summed E-state index contributed by atoms with van der Waals surface area (Å²) in [5.74, 6) is -1.03. The molecule has 0 fully saturated rings. The molecule has 0 saturated heterocycles. The molecule has 354 valence electrons. The Hall–Kier alpha value is -4.19. The highest BCUT2D eigenvalue weighted by Gasteiger charge is 2.19. The third-order valence-electron chi connectivity index (χ3n) is 10.2. The number of hydrogen-bond acceptors (Lipinski definition) is 6. The molecule has 0 aromatic rings. The van der Waals surface area contributed by atoms with Crippen molar-refractivity contribution in [3.63, 3.8) is 0 Å². The fourth-order valence-electron chi connectivity index (χ4n) is 6.42. The summed E-state index contributed by atoms with van der Waals surface area (Å²) in [6.07, 6.45) is 69.0. The number of unbranched alkanes of at least 4 members (excludes halogenated alkanes) is 19. The van der Waals surface area contributed by atoms with E-state index in [9.17, 15) is 14.4 Å². The second-order valence-corrected chi connectivity index (χ2v) is 16.2. The maximum absolute atomic E-state index is 12.8. The monoisotopic (exact) mass is 871 g/mol. The number of hydrogen-bond donors (Lipinski definition) is 0. The first-order valence-corrected chi connectivity index (χ1v) is 25.2. The van der Waals surface area contributed by atoms with E-state index in [1.807, 2.05) is 79.0 Å². The molecule has 0 spiro atoms. The molecule has 6 nitrogen and oxygen atoms in total. The predicted molar refractivity (Wildman–Crippen MR) is 269 cm³/mol. The zero-order chi connectivity index (χ0) is 45.8. The van der Waals surface area contributed by atoms with Gasteiger partial charge in [-0.25, -0.2) is 0 Å². The van der Waals surface area contributed by atoms with Gasteiger partial charge in [0.1, 0.15) is 13.2 Å². The van der Waals surface area contributed by atoms with Crippen LogP contribution in [0.15, 0.2) is 122 Å². The van der Waals surface area contributed by atoms with Crippen molar-refractivity contribution in [3.8, 4) is 0 Å². The van der Waals surface area contributed by atoms with Crippen molar-refractivity contribution in [3.05, 3.63) is 122 Å². The van der Waals surface area contributed by atoms with Crippen LogP contribution in [0.3, 0.4) is 0 Å². The maximum atomic E-state index is 12.8. The molecule has 0 aliphatic carbocycles. The fourth-order valence-corrected chi connectivity index (χ4v) is 6.42. The standard InChI is InChI=1S/C57H90O6/c1-4-7-10-13-16-19-22-25-27-28-30-32-35-38-41-44-47-50-56(59)62-53-54(52-61-55(58)49-46-43-40-37-34-31-24-21-18-15-12-9-6-3)63-57(60)51-48-45-42-39-36-33-29-26-23-20-17-14-11-8-5-2/h8-9,11-12,14-15,17-18,20-21,23-27,29,31,34,37,40,54H,4-7,10,13,16,19,22,28,30,32-33,35-36,38-39,41-53H2,1-3H3/b11-8+,12-9+,17-14+,18-15+,23-20+,24-21+,27-25+,29-26+,34-31+,40-37+. The number of ether oxygens (including phenoxy) is 3. The van der Waals surface area contributed by atoms with Crippen LogP contribution >= 0.6 is 0 Å². The van der Waals surface area contributed by atoms with Crippen molar-refractivity contribution in [2.75, 3.05) is 13.2 Å². The summed E-state index contributed by atoms with van der Waals surface area (Å²) in [6.45, 7) is 6.24. The van der Waals surface area contributed by atoms with E-state index in [0.717, 1.165) is 77.0 Å². The van der Waals surface area contributed by atoms with Crippen LogP contribution in [-0.2, 0) is 28.6 Å². The Bertz CT molecular complexity index is 1370. The van der Waals surface area contributed by atoms with E-state index in [-0.39, 0.29) is 44.0 Å². The van der Waals surface area contributed by atoms with Crippen LogP contribution in [0.2, 0.25) is 0 Å². The molecule has 0 aromatic heterocycles. The summed E-state index contributed by atoms with van der Waals surface area (Å²) < 4.78 is 16.7. The van der Waals surface area contributed by atoms with Gasteiger partial charge in [0.05, 0.1) is 0 Å². The summed E-state index contributed by atoms with van der Waals surface area (Å²) in [6, 6.07) is 0.